The Morgan fingerprint density at radius 3 is 2.62 bits per heavy atom. The fraction of sp³-hybridized carbons (Fsp3) is 0.286. The quantitative estimate of drug-likeness (QED) is 0.833. The minimum atomic E-state index is -0.0454. The molecule has 26 heavy (non-hydrogen) atoms. The van der Waals surface area contributed by atoms with Gasteiger partial charge in [-0.2, -0.15) is 5.26 Å². The highest BCUT2D eigenvalue weighted by Gasteiger charge is 2.19. The Bertz CT molecular complexity index is 866. The highest BCUT2D eigenvalue weighted by molar-refractivity contribution is 5.99. The molecule has 2 aromatic rings. The zero-order valence-electron chi connectivity index (χ0n) is 14.8. The summed E-state index contributed by atoms with van der Waals surface area (Å²) in [6, 6.07) is 15.0. The highest BCUT2D eigenvalue weighted by atomic mass is 16.2. The Balaban J connectivity index is 1.71. The second kappa shape index (κ2) is 7.83. The molecule has 0 spiro atoms. The topological polar surface area (TPSA) is 73.2 Å². The maximum Gasteiger partial charge on any atom is 0.226 e. The molecule has 0 radical (unpaired) electrons. The van der Waals surface area contributed by atoms with E-state index in [1.807, 2.05) is 29.2 Å². The van der Waals surface area contributed by atoms with E-state index in [2.05, 4.69) is 11.4 Å². The van der Waals surface area contributed by atoms with Crippen molar-refractivity contribution >= 4 is 23.1 Å². The van der Waals surface area contributed by atoms with Crippen molar-refractivity contribution in [3.63, 3.8) is 0 Å². The zero-order valence-corrected chi connectivity index (χ0v) is 14.8. The van der Waals surface area contributed by atoms with Gasteiger partial charge in [0.2, 0.25) is 5.91 Å². The first-order chi connectivity index (χ1) is 12.6. The summed E-state index contributed by atoms with van der Waals surface area (Å²) in [5, 5.41) is 12.3. The zero-order chi connectivity index (χ0) is 18.5. The van der Waals surface area contributed by atoms with Crippen molar-refractivity contribution in [2.75, 3.05) is 16.8 Å². The summed E-state index contributed by atoms with van der Waals surface area (Å²) < 4.78 is 0. The lowest BCUT2D eigenvalue weighted by Crippen LogP contribution is -2.35. The number of hydrogen-bond donors (Lipinski definition) is 1. The van der Waals surface area contributed by atoms with Crippen LogP contribution in [0.2, 0.25) is 0 Å². The van der Waals surface area contributed by atoms with Gasteiger partial charge in [-0.25, -0.2) is 0 Å². The normalized spacial score (nSPS) is 14.0. The lowest BCUT2D eigenvalue weighted by molar-refractivity contribution is -0.119. The number of rotatable bonds is 5. The fourth-order valence-electron chi connectivity index (χ4n) is 3.14. The van der Waals surface area contributed by atoms with Crippen LogP contribution in [0.3, 0.4) is 0 Å². The highest BCUT2D eigenvalue weighted by Crippen LogP contribution is 2.23. The average molecular weight is 347 g/mol. The lowest BCUT2D eigenvalue weighted by Gasteiger charge is -2.26. The number of carbonyl (C=O) groups is 2. The molecule has 1 saturated heterocycles. The van der Waals surface area contributed by atoms with Crippen LogP contribution in [0.1, 0.15) is 47.7 Å². The number of carbonyl (C=O) groups excluding carboxylic acids is 2. The molecule has 132 valence electrons. The first-order valence-corrected chi connectivity index (χ1v) is 8.77. The molecule has 5 nitrogen and oxygen atoms in total. The number of anilines is 2. The van der Waals surface area contributed by atoms with E-state index in [9.17, 15) is 9.59 Å². The molecule has 1 fully saturated rings. The van der Waals surface area contributed by atoms with Crippen molar-refractivity contribution in [2.45, 2.75) is 32.7 Å². The molecule has 1 amide bonds. The van der Waals surface area contributed by atoms with E-state index in [0.717, 1.165) is 30.6 Å². The van der Waals surface area contributed by atoms with Crippen molar-refractivity contribution in [2.24, 2.45) is 0 Å². The number of amides is 1. The minimum absolute atomic E-state index is 0.0454. The predicted octanol–water partition coefficient (Wildman–Crippen LogP) is 3.89. The first kappa shape index (κ1) is 17.7. The van der Waals surface area contributed by atoms with E-state index < -0.39 is 0 Å². The van der Waals surface area contributed by atoms with Crippen LogP contribution in [-0.2, 0) is 11.3 Å². The molecule has 0 saturated carbocycles. The van der Waals surface area contributed by atoms with E-state index in [4.69, 9.17) is 5.26 Å². The monoisotopic (exact) mass is 347 g/mol. The van der Waals surface area contributed by atoms with E-state index in [1.165, 1.54) is 6.92 Å². The maximum absolute atomic E-state index is 12.0. The molecular formula is C21H21N3O2. The number of benzene rings is 2. The average Bonchev–Trinajstić information content (AvgIpc) is 2.67. The molecule has 1 heterocycles. The molecule has 5 heteroatoms. The lowest BCUT2D eigenvalue weighted by atomic mass is 10.1. The van der Waals surface area contributed by atoms with Gasteiger partial charge >= 0.3 is 0 Å². The van der Waals surface area contributed by atoms with Gasteiger partial charge in [0.25, 0.3) is 0 Å². The predicted molar refractivity (Wildman–Crippen MR) is 101 cm³/mol. The van der Waals surface area contributed by atoms with Crippen LogP contribution in [0.5, 0.6) is 0 Å². The van der Waals surface area contributed by atoms with Crippen molar-refractivity contribution in [3.05, 3.63) is 59.2 Å². The molecular weight excluding hydrogens is 326 g/mol. The molecule has 0 unspecified atom stereocenters. The van der Waals surface area contributed by atoms with Gasteiger partial charge in [0.1, 0.15) is 0 Å². The van der Waals surface area contributed by atoms with Crippen LogP contribution in [0.15, 0.2) is 42.5 Å². The third kappa shape index (κ3) is 3.92. The van der Waals surface area contributed by atoms with Gasteiger partial charge in [0.15, 0.2) is 5.78 Å². The van der Waals surface area contributed by atoms with Gasteiger partial charge in [-0.1, -0.05) is 12.1 Å². The molecule has 1 aliphatic rings. The molecule has 0 atom stereocenters. The number of Topliss-reactive ketones (excluding diaryl/α,β-unsaturated/α-hetero) is 1. The van der Waals surface area contributed by atoms with Crippen LogP contribution in [0.25, 0.3) is 0 Å². The maximum atomic E-state index is 12.0. The molecule has 0 aromatic heterocycles. The summed E-state index contributed by atoms with van der Waals surface area (Å²) in [5.41, 5.74) is 3.70. The van der Waals surface area contributed by atoms with Gasteiger partial charge in [0, 0.05) is 36.4 Å². The van der Waals surface area contributed by atoms with Gasteiger partial charge in [-0.15, -0.1) is 0 Å². The Hall–Kier alpha value is -3.13. The van der Waals surface area contributed by atoms with E-state index in [0.29, 0.717) is 29.8 Å². The Kier molecular flexibility index (Phi) is 5.33. The molecule has 2 aromatic carbocycles. The number of hydrogen-bond acceptors (Lipinski definition) is 4. The van der Waals surface area contributed by atoms with Crippen molar-refractivity contribution in [3.8, 4) is 6.07 Å². The first-order valence-electron chi connectivity index (χ1n) is 8.77. The summed E-state index contributed by atoms with van der Waals surface area (Å²) in [6.07, 6.45) is 2.63. The number of nitriles is 1. The summed E-state index contributed by atoms with van der Waals surface area (Å²) in [7, 11) is 0. The molecule has 1 aliphatic heterocycles. The van der Waals surface area contributed by atoms with Crippen LogP contribution < -0.4 is 10.2 Å². The van der Waals surface area contributed by atoms with Gasteiger partial charge < -0.3 is 10.2 Å². The van der Waals surface area contributed by atoms with Crippen molar-refractivity contribution < 1.29 is 9.59 Å². The molecule has 0 aliphatic carbocycles. The fourth-order valence-corrected chi connectivity index (χ4v) is 3.14. The summed E-state index contributed by atoms with van der Waals surface area (Å²) in [5.74, 6) is 0.137. The third-order valence-corrected chi connectivity index (χ3v) is 4.58. The molecule has 0 bridgehead atoms. The van der Waals surface area contributed by atoms with Gasteiger partial charge in [0.05, 0.1) is 11.6 Å². The standard InChI is InChI=1S/C21H21N3O2/c1-15(25)19-10-7-17(13-22)12-20(19)23-14-16-5-8-18(9-6-16)24-11-3-2-4-21(24)26/h5-10,12,23H,2-4,11,14H2,1H3. The van der Waals surface area contributed by atoms with Crippen LogP contribution in [0.4, 0.5) is 11.4 Å². The van der Waals surface area contributed by atoms with Crippen molar-refractivity contribution in [1.29, 1.82) is 5.26 Å². The molecule has 1 N–H and O–H groups in total. The summed E-state index contributed by atoms with van der Waals surface area (Å²) in [4.78, 5) is 25.6. The SMILES string of the molecule is CC(=O)c1ccc(C#N)cc1NCc1ccc(N2CCCCC2=O)cc1. The van der Waals surface area contributed by atoms with Gasteiger partial charge in [-0.05, 0) is 55.7 Å². The number of nitrogens with zero attached hydrogens (tertiary/aromatic N) is 2. The van der Waals surface area contributed by atoms with Crippen LogP contribution in [0, 0.1) is 11.3 Å². The van der Waals surface area contributed by atoms with Crippen molar-refractivity contribution in [1.82, 2.24) is 0 Å². The van der Waals surface area contributed by atoms with E-state index in [-0.39, 0.29) is 11.7 Å². The van der Waals surface area contributed by atoms with Gasteiger partial charge in [-0.3, -0.25) is 9.59 Å². The number of ketones is 1. The van der Waals surface area contributed by atoms with E-state index in [1.54, 1.807) is 18.2 Å². The Morgan fingerprint density at radius 2 is 1.96 bits per heavy atom. The number of piperidine rings is 1. The third-order valence-electron chi connectivity index (χ3n) is 4.58. The Labute approximate surface area is 153 Å². The molecule has 3 rings (SSSR count). The van der Waals surface area contributed by atoms with E-state index >= 15 is 0 Å². The van der Waals surface area contributed by atoms with Crippen LogP contribution >= 0.6 is 0 Å². The largest absolute Gasteiger partial charge is 0.380 e. The van der Waals surface area contributed by atoms with Crippen LogP contribution in [-0.4, -0.2) is 18.2 Å². The smallest absolute Gasteiger partial charge is 0.226 e. The second-order valence-corrected chi connectivity index (χ2v) is 6.45. The second-order valence-electron chi connectivity index (χ2n) is 6.45. The summed E-state index contributed by atoms with van der Waals surface area (Å²) >= 11 is 0. The number of nitrogens with one attached hydrogen (secondary N) is 1. The summed E-state index contributed by atoms with van der Waals surface area (Å²) in [6.45, 7) is 2.82. The Morgan fingerprint density at radius 1 is 1.19 bits per heavy atom. The minimum Gasteiger partial charge on any atom is -0.380 e.